The van der Waals surface area contributed by atoms with Gasteiger partial charge in [0.2, 0.25) is 0 Å². The zero-order valence-electron chi connectivity index (χ0n) is 12.4. The fourth-order valence-electron chi connectivity index (χ4n) is 3.28. The number of rotatable bonds is 2. The number of likely N-dealkylation sites (tertiary alicyclic amines) is 1. The van der Waals surface area contributed by atoms with E-state index < -0.39 is 0 Å². The quantitative estimate of drug-likeness (QED) is 0.829. The molecule has 0 bridgehead atoms. The van der Waals surface area contributed by atoms with Gasteiger partial charge in [-0.2, -0.15) is 0 Å². The largest absolute Gasteiger partial charge is 0.493 e. The van der Waals surface area contributed by atoms with Crippen LogP contribution in [0.5, 0.6) is 5.75 Å². The number of carbonyl (C=O) groups is 1. The third-order valence-electron chi connectivity index (χ3n) is 4.70. The van der Waals surface area contributed by atoms with Crippen LogP contribution in [0.25, 0.3) is 0 Å². The maximum Gasteiger partial charge on any atom is 0.171 e. The van der Waals surface area contributed by atoms with Crippen molar-refractivity contribution in [3.63, 3.8) is 0 Å². The Bertz CT molecular complexity index is 518. The topological polar surface area (TPSA) is 29.5 Å². The number of benzene rings is 1. The van der Waals surface area contributed by atoms with E-state index >= 15 is 0 Å². The van der Waals surface area contributed by atoms with Crippen molar-refractivity contribution >= 4 is 5.78 Å². The van der Waals surface area contributed by atoms with E-state index in [-0.39, 0.29) is 11.7 Å². The van der Waals surface area contributed by atoms with E-state index in [1.807, 2.05) is 19.1 Å². The standard InChI is InChI=1S/C17H23NO2/c1-12-5-6-15-16(19)14(11-18-8-3-4-9-18)7-10-20-17(15)13(12)2/h5-6,14H,3-4,7-11H2,1-2H3. The Hall–Kier alpha value is -1.35. The van der Waals surface area contributed by atoms with Gasteiger partial charge in [0.05, 0.1) is 12.2 Å². The Kier molecular flexibility index (Phi) is 3.79. The van der Waals surface area contributed by atoms with Crippen molar-refractivity contribution in [2.24, 2.45) is 5.92 Å². The molecule has 3 nitrogen and oxygen atoms in total. The zero-order valence-corrected chi connectivity index (χ0v) is 12.4. The Morgan fingerprint density at radius 3 is 2.75 bits per heavy atom. The highest BCUT2D eigenvalue weighted by Crippen LogP contribution is 2.32. The lowest BCUT2D eigenvalue weighted by molar-refractivity contribution is 0.0883. The average molecular weight is 273 g/mol. The summed E-state index contributed by atoms with van der Waals surface area (Å²) in [6.45, 7) is 7.95. The number of Topliss-reactive ketones (excluding diaryl/α,β-unsaturated/α-hetero) is 1. The Morgan fingerprint density at radius 1 is 1.25 bits per heavy atom. The van der Waals surface area contributed by atoms with E-state index in [2.05, 4.69) is 11.8 Å². The maximum absolute atomic E-state index is 12.8. The molecule has 2 aliphatic heterocycles. The van der Waals surface area contributed by atoms with Crippen molar-refractivity contribution in [2.75, 3.05) is 26.2 Å². The molecule has 0 aliphatic carbocycles. The monoisotopic (exact) mass is 273 g/mol. The molecular weight excluding hydrogens is 250 g/mol. The summed E-state index contributed by atoms with van der Waals surface area (Å²) in [5.41, 5.74) is 3.09. The predicted molar refractivity (Wildman–Crippen MR) is 79.5 cm³/mol. The summed E-state index contributed by atoms with van der Waals surface area (Å²) in [6, 6.07) is 3.98. The molecule has 0 amide bonds. The minimum absolute atomic E-state index is 0.0939. The fourth-order valence-corrected chi connectivity index (χ4v) is 3.28. The molecule has 1 unspecified atom stereocenters. The number of aryl methyl sites for hydroxylation is 1. The van der Waals surface area contributed by atoms with E-state index in [4.69, 9.17) is 4.74 Å². The number of ether oxygens (including phenoxy) is 1. The molecule has 0 aromatic heterocycles. The lowest BCUT2D eigenvalue weighted by atomic mass is 9.92. The van der Waals surface area contributed by atoms with Crippen LogP contribution < -0.4 is 4.74 Å². The van der Waals surface area contributed by atoms with E-state index in [9.17, 15) is 4.79 Å². The summed E-state index contributed by atoms with van der Waals surface area (Å²) in [7, 11) is 0. The number of nitrogens with zero attached hydrogens (tertiary/aromatic N) is 1. The lowest BCUT2D eigenvalue weighted by Gasteiger charge is -2.20. The predicted octanol–water partition coefficient (Wildman–Crippen LogP) is 2.98. The third kappa shape index (κ3) is 2.47. The van der Waals surface area contributed by atoms with Gasteiger partial charge in [0.15, 0.2) is 5.78 Å². The number of fused-ring (bicyclic) bond motifs is 1. The molecule has 1 saturated heterocycles. The van der Waals surface area contributed by atoms with E-state index in [1.165, 1.54) is 18.4 Å². The van der Waals surface area contributed by atoms with Crippen LogP contribution in [0.1, 0.15) is 40.7 Å². The fraction of sp³-hybridized carbons (Fsp3) is 0.588. The van der Waals surface area contributed by atoms with Gasteiger partial charge in [-0.25, -0.2) is 0 Å². The van der Waals surface area contributed by atoms with Crippen LogP contribution in [0.3, 0.4) is 0 Å². The van der Waals surface area contributed by atoms with Gasteiger partial charge in [-0.15, -0.1) is 0 Å². The molecule has 108 valence electrons. The summed E-state index contributed by atoms with van der Waals surface area (Å²) >= 11 is 0. The van der Waals surface area contributed by atoms with E-state index in [1.54, 1.807) is 0 Å². The summed E-state index contributed by atoms with van der Waals surface area (Å²) in [5, 5.41) is 0. The minimum atomic E-state index is 0.0939. The number of hydrogen-bond donors (Lipinski definition) is 0. The summed E-state index contributed by atoms with van der Waals surface area (Å²) in [4.78, 5) is 15.2. The van der Waals surface area contributed by atoms with Crippen LogP contribution in [-0.2, 0) is 0 Å². The molecule has 0 radical (unpaired) electrons. The second-order valence-corrected chi connectivity index (χ2v) is 6.09. The molecule has 20 heavy (non-hydrogen) atoms. The summed E-state index contributed by atoms with van der Waals surface area (Å²) in [5.74, 6) is 1.18. The van der Waals surface area contributed by atoms with Crippen molar-refractivity contribution in [1.82, 2.24) is 4.90 Å². The van der Waals surface area contributed by atoms with Crippen LogP contribution >= 0.6 is 0 Å². The van der Waals surface area contributed by atoms with Gasteiger partial charge >= 0.3 is 0 Å². The molecule has 2 heterocycles. The maximum atomic E-state index is 12.8. The van der Waals surface area contributed by atoms with E-state index in [0.717, 1.165) is 42.9 Å². The molecule has 2 aliphatic rings. The van der Waals surface area contributed by atoms with Crippen molar-refractivity contribution in [2.45, 2.75) is 33.1 Å². The molecule has 1 fully saturated rings. The van der Waals surface area contributed by atoms with Gasteiger partial charge < -0.3 is 9.64 Å². The van der Waals surface area contributed by atoms with Crippen LogP contribution in [-0.4, -0.2) is 36.9 Å². The summed E-state index contributed by atoms with van der Waals surface area (Å²) in [6.07, 6.45) is 3.38. The van der Waals surface area contributed by atoms with Gasteiger partial charge in [0.25, 0.3) is 0 Å². The lowest BCUT2D eigenvalue weighted by Crippen LogP contribution is -2.31. The molecule has 0 N–H and O–H groups in total. The van der Waals surface area contributed by atoms with Crippen LogP contribution in [0.15, 0.2) is 12.1 Å². The smallest absolute Gasteiger partial charge is 0.171 e. The van der Waals surface area contributed by atoms with Crippen molar-refractivity contribution in [3.8, 4) is 5.75 Å². The van der Waals surface area contributed by atoms with Gasteiger partial charge in [-0.3, -0.25) is 4.79 Å². The van der Waals surface area contributed by atoms with Crippen molar-refractivity contribution in [3.05, 3.63) is 28.8 Å². The van der Waals surface area contributed by atoms with Crippen molar-refractivity contribution < 1.29 is 9.53 Å². The minimum Gasteiger partial charge on any atom is -0.493 e. The van der Waals surface area contributed by atoms with Gasteiger partial charge in [-0.05, 0) is 63.4 Å². The normalized spacial score (nSPS) is 23.3. The molecular formula is C17H23NO2. The highest BCUT2D eigenvalue weighted by atomic mass is 16.5. The first-order valence-electron chi connectivity index (χ1n) is 7.66. The Morgan fingerprint density at radius 2 is 2.00 bits per heavy atom. The van der Waals surface area contributed by atoms with Crippen LogP contribution in [0.4, 0.5) is 0 Å². The number of hydrogen-bond acceptors (Lipinski definition) is 3. The van der Waals surface area contributed by atoms with Crippen molar-refractivity contribution in [1.29, 1.82) is 0 Å². The summed E-state index contributed by atoms with van der Waals surface area (Å²) < 4.78 is 5.89. The first kappa shape index (κ1) is 13.6. The van der Waals surface area contributed by atoms with Gasteiger partial charge in [0.1, 0.15) is 5.75 Å². The second kappa shape index (κ2) is 5.57. The molecule has 3 heteroatoms. The molecule has 3 rings (SSSR count). The first-order valence-corrected chi connectivity index (χ1v) is 7.66. The van der Waals surface area contributed by atoms with E-state index in [0.29, 0.717) is 6.61 Å². The SMILES string of the molecule is Cc1ccc2c(c1C)OCCC(CN1CCCC1)C2=O. The molecule has 0 spiro atoms. The second-order valence-electron chi connectivity index (χ2n) is 6.09. The highest BCUT2D eigenvalue weighted by Gasteiger charge is 2.29. The van der Waals surface area contributed by atoms with Crippen LogP contribution in [0.2, 0.25) is 0 Å². The Labute approximate surface area is 120 Å². The molecule has 0 saturated carbocycles. The first-order chi connectivity index (χ1) is 9.66. The van der Waals surface area contributed by atoms with Crippen LogP contribution in [0, 0.1) is 19.8 Å². The molecule has 1 aromatic carbocycles. The number of carbonyl (C=O) groups excluding carboxylic acids is 1. The average Bonchev–Trinajstić information content (AvgIpc) is 2.89. The zero-order chi connectivity index (χ0) is 14.1. The number of ketones is 1. The Balaban J connectivity index is 1.85. The third-order valence-corrected chi connectivity index (χ3v) is 4.70. The molecule has 1 aromatic rings. The molecule has 1 atom stereocenters. The van der Waals surface area contributed by atoms with Gasteiger partial charge in [-0.1, -0.05) is 6.07 Å². The van der Waals surface area contributed by atoms with Gasteiger partial charge in [0, 0.05) is 12.5 Å². The highest BCUT2D eigenvalue weighted by molar-refractivity contribution is 6.01.